The Kier molecular flexibility index (Phi) is 5.49. The molecule has 0 bridgehead atoms. The van der Waals surface area contributed by atoms with Gasteiger partial charge in [-0.3, -0.25) is 0 Å². The van der Waals surface area contributed by atoms with Gasteiger partial charge in [0.2, 0.25) is 0 Å². The van der Waals surface area contributed by atoms with Gasteiger partial charge < -0.3 is 25.4 Å². The zero-order valence-corrected chi connectivity index (χ0v) is 9.09. The maximum atomic E-state index is 9.73. The molecule has 0 spiro atoms. The zero-order valence-electron chi connectivity index (χ0n) is 9.09. The lowest BCUT2D eigenvalue weighted by molar-refractivity contribution is -0.161. The van der Waals surface area contributed by atoms with Gasteiger partial charge in [0, 0.05) is 0 Å². The van der Waals surface area contributed by atoms with Gasteiger partial charge in [0.25, 0.3) is 0 Å². The number of aliphatic hydroxyl groups is 3. The van der Waals surface area contributed by atoms with Gasteiger partial charge in [-0.1, -0.05) is 13.3 Å². The van der Waals surface area contributed by atoms with E-state index in [1.54, 1.807) is 0 Å². The lowest BCUT2D eigenvalue weighted by atomic mass is 9.98. The van der Waals surface area contributed by atoms with Crippen molar-refractivity contribution < 1.29 is 20.1 Å². The zero-order chi connectivity index (χ0) is 11.3. The number of rotatable bonds is 5. The highest BCUT2D eigenvalue weighted by Crippen LogP contribution is 2.15. The molecule has 1 saturated heterocycles. The molecule has 1 aliphatic heterocycles. The highest BCUT2D eigenvalue weighted by atomic mass is 16.5. The van der Waals surface area contributed by atoms with E-state index in [1.807, 2.05) is 0 Å². The Balaban J connectivity index is 2.35. The number of ether oxygens (including phenoxy) is 1. The number of hydrogen-bond donors (Lipinski definition) is 4. The van der Waals surface area contributed by atoms with E-state index in [2.05, 4.69) is 12.2 Å². The van der Waals surface area contributed by atoms with Crippen LogP contribution in [-0.4, -0.2) is 59.4 Å². The largest absolute Gasteiger partial charge is 0.394 e. The fraction of sp³-hybridized carbons (Fsp3) is 1.00. The van der Waals surface area contributed by atoms with Crippen LogP contribution in [0.3, 0.4) is 0 Å². The summed E-state index contributed by atoms with van der Waals surface area (Å²) in [5.41, 5.74) is 0. The molecule has 0 aliphatic carbocycles. The Hall–Kier alpha value is -0.200. The van der Waals surface area contributed by atoms with E-state index < -0.39 is 18.3 Å². The Labute approximate surface area is 90.1 Å². The Bertz CT molecular complexity index is 177. The van der Waals surface area contributed by atoms with E-state index in [0.29, 0.717) is 6.61 Å². The molecule has 0 aromatic carbocycles. The van der Waals surface area contributed by atoms with Gasteiger partial charge in [-0.2, -0.15) is 0 Å². The standard InChI is InChI=1S/C10H21NO4/c1-2-3-4-11-7-6-15-8(5-12)10(14)9(7)13/h7-14H,2-6H2,1H3/t7-,8-,9-,10-/m0/s1. The minimum atomic E-state index is -1.01. The van der Waals surface area contributed by atoms with Crippen LogP contribution in [0, 0.1) is 0 Å². The van der Waals surface area contributed by atoms with E-state index in [4.69, 9.17) is 9.84 Å². The quantitative estimate of drug-likeness (QED) is 0.439. The molecular formula is C10H21NO4. The number of hydrogen-bond acceptors (Lipinski definition) is 5. The monoisotopic (exact) mass is 219 g/mol. The number of unbranched alkanes of at least 4 members (excludes halogenated alkanes) is 1. The predicted octanol–water partition coefficient (Wildman–Crippen LogP) is -1.14. The summed E-state index contributed by atoms with van der Waals surface area (Å²) in [6, 6.07) is -0.241. The predicted molar refractivity (Wildman–Crippen MR) is 55.5 cm³/mol. The first-order valence-electron chi connectivity index (χ1n) is 5.52. The van der Waals surface area contributed by atoms with Crippen molar-refractivity contribution in [3.63, 3.8) is 0 Å². The van der Waals surface area contributed by atoms with Crippen LogP contribution >= 0.6 is 0 Å². The fourth-order valence-electron chi connectivity index (χ4n) is 1.69. The van der Waals surface area contributed by atoms with Crippen LogP contribution in [0.1, 0.15) is 19.8 Å². The summed E-state index contributed by atoms with van der Waals surface area (Å²) in [4.78, 5) is 0. The molecule has 1 heterocycles. The maximum Gasteiger partial charge on any atom is 0.110 e. The van der Waals surface area contributed by atoms with E-state index >= 15 is 0 Å². The second-order valence-electron chi connectivity index (χ2n) is 3.95. The third-order valence-electron chi connectivity index (χ3n) is 2.75. The molecule has 4 N–H and O–H groups in total. The molecule has 5 nitrogen and oxygen atoms in total. The third kappa shape index (κ3) is 3.39. The SMILES string of the molecule is CCCCN[C@H]1CO[C@@H](CO)[C@H](O)[C@H]1O. The van der Waals surface area contributed by atoms with E-state index in [9.17, 15) is 10.2 Å². The Morgan fingerprint density at radius 3 is 2.67 bits per heavy atom. The second-order valence-corrected chi connectivity index (χ2v) is 3.95. The number of nitrogens with one attached hydrogen (secondary N) is 1. The highest BCUT2D eigenvalue weighted by Gasteiger charge is 2.37. The molecule has 1 aliphatic rings. The van der Waals surface area contributed by atoms with Crippen molar-refractivity contribution in [1.29, 1.82) is 0 Å². The summed E-state index contributed by atoms with van der Waals surface area (Å²) in [6.45, 7) is 2.96. The Morgan fingerprint density at radius 1 is 1.33 bits per heavy atom. The summed E-state index contributed by atoms with van der Waals surface area (Å²) in [5.74, 6) is 0. The molecule has 4 atom stereocenters. The van der Waals surface area contributed by atoms with Crippen molar-refractivity contribution in [2.24, 2.45) is 0 Å². The van der Waals surface area contributed by atoms with Crippen molar-refractivity contribution >= 4 is 0 Å². The molecule has 5 heteroatoms. The molecule has 0 radical (unpaired) electrons. The molecule has 1 fully saturated rings. The molecular weight excluding hydrogens is 198 g/mol. The van der Waals surface area contributed by atoms with Gasteiger partial charge in [0.05, 0.1) is 19.3 Å². The molecule has 90 valence electrons. The summed E-state index contributed by atoms with van der Waals surface area (Å²) in [6.07, 6.45) is -0.429. The molecule has 0 saturated carbocycles. The minimum Gasteiger partial charge on any atom is -0.394 e. The first-order valence-corrected chi connectivity index (χ1v) is 5.52. The highest BCUT2D eigenvalue weighted by molar-refractivity contribution is 4.90. The smallest absolute Gasteiger partial charge is 0.110 e. The minimum absolute atomic E-state index is 0.241. The summed E-state index contributed by atoms with van der Waals surface area (Å²) >= 11 is 0. The average molecular weight is 219 g/mol. The molecule has 0 aromatic rings. The van der Waals surface area contributed by atoms with Crippen molar-refractivity contribution in [3.8, 4) is 0 Å². The van der Waals surface area contributed by atoms with Crippen molar-refractivity contribution in [3.05, 3.63) is 0 Å². The van der Waals surface area contributed by atoms with Gasteiger partial charge in [-0.05, 0) is 13.0 Å². The van der Waals surface area contributed by atoms with Gasteiger partial charge in [-0.25, -0.2) is 0 Å². The molecule has 0 aromatic heterocycles. The van der Waals surface area contributed by atoms with Crippen molar-refractivity contribution in [2.45, 2.75) is 44.1 Å². The molecule has 0 amide bonds. The third-order valence-corrected chi connectivity index (χ3v) is 2.75. The van der Waals surface area contributed by atoms with Gasteiger partial charge in [0.15, 0.2) is 0 Å². The van der Waals surface area contributed by atoms with Gasteiger partial charge >= 0.3 is 0 Å². The van der Waals surface area contributed by atoms with E-state index in [1.165, 1.54) is 0 Å². The van der Waals surface area contributed by atoms with Crippen molar-refractivity contribution in [1.82, 2.24) is 5.32 Å². The van der Waals surface area contributed by atoms with Crippen LogP contribution in [0.5, 0.6) is 0 Å². The van der Waals surface area contributed by atoms with Crippen LogP contribution < -0.4 is 5.32 Å². The molecule has 1 rings (SSSR count). The van der Waals surface area contributed by atoms with E-state index in [0.717, 1.165) is 19.4 Å². The number of aliphatic hydroxyl groups excluding tert-OH is 3. The topological polar surface area (TPSA) is 82.0 Å². The summed E-state index contributed by atoms with van der Waals surface area (Å²) < 4.78 is 5.23. The van der Waals surface area contributed by atoms with Crippen LogP contribution in [0.2, 0.25) is 0 Å². The van der Waals surface area contributed by atoms with Crippen molar-refractivity contribution in [2.75, 3.05) is 19.8 Å². The van der Waals surface area contributed by atoms with Gasteiger partial charge in [0.1, 0.15) is 18.3 Å². The second kappa shape index (κ2) is 6.40. The maximum absolute atomic E-state index is 9.73. The average Bonchev–Trinajstić information content (AvgIpc) is 2.25. The normalized spacial score (nSPS) is 36.8. The lowest BCUT2D eigenvalue weighted by Gasteiger charge is -2.37. The summed E-state index contributed by atoms with van der Waals surface area (Å²) in [7, 11) is 0. The first-order chi connectivity index (χ1) is 7.20. The van der Waals surface area contributed by atoms with Crippen LogP contribution in [0.25, 0.3) is 0 Å². The fourth-order valence-corrected chi connectivity index (χ4v) is 1.69. The molecule has 0 unspecified atom stereocenters. The Morgan fingerprint density at radius 2 is 2.07 bits per heavy atom. The summed E-state index contributed by atoms with van der Waals surface area (Å²) in [5, 5.41) is 31.3. The van der Waals surface area contributed by atoms with Gasteiger partial charge in [-0.15, -0.1) is 0 Å². The van der Waals surface area contributed by atoms with Crippen LogP contribution in [0.15, 0.2) is 0 Å². The van der Waals surface area contributed by atoms with Crippen LogP contribution in [-0.2, 0) is 4.74 Å². The molecule has 15 heavy (non-hydrogen) atoms. The first kappa shape index (κ1) is 12.9. The van der Waals surface area contributed by atoms with Crippen LogP contribution in [0.4, 0.5) is 0 Å². The lowest BCUT2D eigenvalue weighted by Crippen LogP contribution is -2.59. The van der Waals surface area contributed by atoms with E-state index in [-0.39, 0.29) is 12.6 Å².